The quantitative estimate of drug-likeness (QED) is 0.826. The van der Waals surface area contributed by atoms with Gasteiger partial charge in [0, 0.05) is 17.6 Å². The first-order chi connectivity index (χ1) is 9.21. The van der Waals surface area contributed by atoms with Crippen molar-refractivity contribution in [3.63, 3.8) is 0 Å². The van der Waals surface area contributed by atoms with Gasteiger partial charge in [-0.2, -0.15) is 0 Å². The molecule has 0 spiro atoms. The summed E-state index contributed by atoms with van der Waals surface area (Å²) in [6, 6.07) is 12.7. The van der Waals surface area contributed by atoms with Crippen LogP contribution in [0.4, 0.5) is 10.1 Å². The number of anilines is 1. The van der Waals surface area contributed by atoms with Crippen molar-refractivity contribution in [2.75, 3.05) is 12.4 Å². The van der Waals surface area contributed by atoms with Crippen LogP contribution >= 0.6 is 15.9 Å². The Balaban J connectivity index is 2.03. The van der Waals surface area contributed by atoms with E-state index < -0.39 is 0 Å². The molecule has 0 amide bonds. The first kappa shape index (κ1) is 13.9. The van der Waals surface area contributed by atoms with E-state index in [1.165, 1.54) is 12.1 Å². The first-order valence-electron chi connectivity index (χ1n) is 5.93. The zero-order valence-electron chi connectivity index (χ0n) is 10.6. The summed E-state index contributed by atoms with van der Waals surface area (Å²) >= 11 is 3.33. The van der Waals surface area contributed by atoms with E-state index in [0.29, 0.717) is 11.9 Å². The van der Waals surface area contributed by atoms with Gasteiger partial charge in [-0.15, -0.1) is 0 Å². The molecule has 19 heavy (non-hydrogen) atoms. The Morgan fingerprint density at radius 2 is 1.84 bits per heavy atom. The number of rotatable bonds is 5. The second kappa shape index (κ2) is 6.57. The van der Waals surface area contributed by atoms with Gasteiger partial charge < -0.3 is 10.1 Å². The van der Waals surface area contributed by atoms with Crippen molar-refractivity contribution < 1.29 is 9.13 Å². The van der Waals surface area contributed by atoms with E-state index in [2.05, 4.69) is 21.2 Å². The molecule has 0 atom stereocenters. The van der Waals surface area contributed by atoms with E-state index >= 15 is 0 Å². The molecule has 4 heteroatoms. The summed E-state index contributed by atoms with van der Waals surface area (Å²) in [5.74, 6) is 0.602. The zero-order valence-corrected chi connectivity index (χ0v) is 12.2. The zero-order chi connectivity index (χ0) is 13.7. The average Bonchev–Trinajstić information content (AvgIpc) is 2.45. The summed E-state index contributed by atoms with van der Waals surface area (Å²) in [5, 5.41) is 3.85. The molecule has 2 rings (SSSR count). The Morgan fingerprint density at radius 3 is 2.47 bits per heavy atom. The molecule has 0 aliphatic carbocycles. The standard InChI is InChI=1S/C15H15BrFNO/c1-19-15-4-2-11(3-5-15)10-18-14-7-12(9-16)6-13(17)8-14/h2-8,18H,9-10H2,1H3. The van der Waals surface area contributed by atoms with E-state index in [1.54, 1.807) is 7.11 Å². The first-order valence-corrected chi connectivity index (χ1v) is 7.05. The minimum atomic E-state index is -0.228. The minimum Gasteiger partial charge on any atom is -0.497 e. The molecule has 0 bridgehead atoms. The van der Waals surface area contributed by atoms with Gasteiger partial charge in [-0.25, -0.2) is 4.39 Å². The average molecular weight is 324 g/mol. The number of benzene rings is 2. The highest BCUT2D eigenvalue weighted by Gasteiger charge is 2.00. The molecule has 100 valence electrons. The molecule has 0 unspecified atom stereocenters. The number of hydrogen-bond acceptors (Lipinski definition) is 2. The van der Waals surface area contributed by atoms with E-state index in [0.717, 1.165) is 22.6 Å². The van der Waals surface area contributed by atoms with Crippen molar-refractivity contribution in [2.24, 2.45) is 0 Å². The second-order valence-corrected chi connectivity index (χ2v) is 4.74. The van der Waals surface area contributed by atoms with Gasteiger partial charge in [0.05, 0.1) is 7.11 Å². The van der Waals surface area contributed by atoms with Crippen LogP contribution in [0.1, 0.15) is 11.1 Å². The maximum absolute atomic E-state index is 13.4. The van der Waals surface area contributed by atoms with Crippen molar-refractivity contribution in [2.45, 2.75) is 11.9 Å². The van der Waals surface area contributed by atoms with E-state index in [4.69, 9.17) is 4.74 Å². The highest BCUT2D eigenvalue weighted by atomic mass is 79.9. The molecule has 0 heterocycles. The lowest BCUT2D eigenvalue weighted by molar-refractivity contribution is 0.414. The molecule has 0 saturated heterocycles. The normalized spacial score (nSPS) is 10.3. The van der Waals surface area contributed by atoms with Gasteiger partial charge in [-0.3, -0.25) is 0 Å². The van der Waals surface area contributed by atoms with Crippen LogP contribution < -0.4 is 10.1 Å². The second-order valence-electron chi connectivity index (χ2n) is 4.18. The largest absolute Gasteiger partial charge is 0.497 e. The molecule has 2 aromatic carbocycles. The number of nitrogens with one attached hydrogen (secondary N) is 1. The van der Waals surface area contributed by atoms with Gasteiger partial charge in [0.1, 0.15) is 11.6 Å². The van der Waals surface area contributed by atoms with Crippen LogP contribution in [0.25, 0.3) is 0 Å². The van der Waals surface area contributed by atoms with Gasteiger partial charge >= 0.3 is 0 Å². The Hall–Kier alpha value is -1.55. The lowest BCUT2D eigenvalue weighted by Crippen LogP contribution is -2.00. The third kappa shape index (κ3) is 3.96. The Morgan fingerprint density at radius 1 is 1.11 bits per heavy atom. The van der Waals surface area contributed by atoms with Gasteiger partial charge in [0.2, 0.25) is 0 Å². The fourth-order valence-electron chi connectivity index (χ4n) is 1.78. The van der Waals surface area contributed by atoms with Crippen LogP contribution in [0.3, 0.4) is 0 Å². The predicted octanol–water partition coefficient (Wildman–Crippen LogP) is 4.34. The third-order valence-electron chi connectivity index (χ3n) is 2.77. The topological polar surface area (TPSA) is 21.3 Å². The number of alkyl halides is 1. The van der Waals surface area contributed by atoms with Crippen molar-refractivity contribution in [1.29, 1.82) is 0 Å². The molecule has 0 aromatic heterocycles. The molecular formula is C15H15BrFNO. The summed E-state index contributed by atoms with van der Waals surface area (Å²) in [7, 11) is 1.64. The number of halogens is 2. The van der Waals surface area contributed by atoms with E-state index in [-0.39, 0.29) is 5.82 Å². The van der Waals surface area contributed by atoms with E-state index in [1.807, 2.05) is 30.3 Å². The van der Waals surface area contributed by atoms with Crippen molar-refractivity contribution in [3.05, 3.63) is 59.4 Å². The summed E-state index contributed by atoms with van der Waals surface area (Å²) in [6.07, 6.45) is 0. The van der Waals surface area contributed by atoms with Crippen LogP contribution in [0.2, 0.25) is 0 Å². The Labute approximate surface area is 120 Å². The van der Waals surface area contributed by atoms with Crippen LogP contribution in [-0.4, -0.2) is 7.11 Å². The monoisotopic (exact) mass is 323 g/mol. The fraction of sp³-hybridized carbons (Fsp3) is 0.200. The summed E-state index contributed by atoms with van der Waals surface area (Å²) in [5.41, 5.74) is 2.81. The van der Waals surface area contributed by atoms with Crippen LogP contribution in [0.5, 0.6) is 5.75 Å². The summed E-state index contributed by atoms with van der Waals surface area (Å²) in [4.78, 5) is 0. The molecule has 0 saturated carbocycles. The molecule has 1 N–H and O–H groups in total. The van der Waals surface area contributed by atoms with Crippen LogP contribution in [0, 0.1) is 5.82 Å². The number of hydrogen-bond donors (Lipinski definition) is 1. The highest BCUT2D eigenvalue weighted by molar-refractivity contribution is 9.08. The number of ether oxygens (including phenoxy) is 1. The maximum Gasteiger partial charge on any atom is 0.125 e. The molecule has 0 radical (unpaired) electrons. The predicted molar refractivity (Wildman–Crippen MR) is 79.4 cm³/mol. The fourth-order valence-corrected chi connectivity index (χ4v) is 2.10. The SMILES string of the molecule is COc1ccc(CNc2cc(F)cc(CBr)c2)cc1. The maximum atomic E-state index is 13.4. The molecule has 0 aliphatic heterocycles. The summed E-state index contributed by atoms with van der Waals surface area (Å²) < 4.78 is 18.5. The van der Waals surface area contributed by atoms with Crippen molar-refractivity contribution in [1.82, 2.24) is 0 Å². The molecule has 2 nitrogen and oxygen atoms in total. The molecular weight excluding hydrogens is 309 g/mol. The summed E-state index contributed by atoms with van der Waals surface area (Å²) in [6.45, 7) is 0.648. The van der Waals surface area contributed by atoms with Crippen molar-refractivity contribution in [3.8, 4) is 5.75 Å². The van der Waals surface area contributed by atoms with Crippen LogP contribution in [-0.2, 0) is 11.9 Å². The van der Waals surface area contributed by atoms with Crippen LogP contribution in [0.15, 0.2) is 42.5 Å². The smallest absolute Gasteiger partial charge is 0.125 e. The Kier molecular flexibility index (Phi) is 4.80. The minimum absolute atomic E-state index is 0.228. The number of methoxy groups -OCH3 is 1. The Bertz CT molecular complexity index is 542. The van der Waals surface area contributed by atoms with Gasteiger partial charge in [-0.05, 0) is 41.5 Å². The lowest BCUT2D eigenvalue weighted by atomic mass is 10.2. The molecule has 0 fully saturated rings. The van der Waals surface area contributed by atoms with E-state index in [9.17, 15) is 4.39 Å². The van der Waals surface area contributed by atoms with Crippen molar-refractivity contribution >= 4 is 21.6 Å². The highest BCUT2D eigenvalue weighted by Crippen LogP contribution is 2.18. The van der Waals surface area contributed by atoms with Gasteiger partial charge in [0.15, 0.2) is 0 Å². The third-order valence-corrected chi connectivity index (χ3v) is 3.42. The molecule has 2 aromatic rings. The lowest BCUT2D eigenvalue weighted by Gasteiger charge is -2.09. The van der Waals surface area contributed by atoms with Gasteiger partial charge in [-0.1, -0.05) is 28.1 Å². The van der Waals surface area contributed by atoms with Gasteiger partial charge in [0.25, 0.3) is 0 Å². The molecule has 0 aliphatic rings.